The zero-order valence-electron chi connectivity index (χ0n) is 5.24. The molecule has 1 rings (SSSR count). The average Bonchev–Trinajstić information content (AvgIpc) is 2.19. The summed E-state index contributed by atoms with van der Waals surface area (Å²) in [5.74, 6) is 0. The van der Waals surface area contributed by atoms with Gasteiger partial charge in [-0.1, -0.05) is 0 Å². The molecule has 1 aliphatic heterocycles. The van der Waals surface area contributed by atoms with Crippen LogP contribution >= 0.6 is 11.9 Å². The minimum atomic E-state index is 0. The monoisotopic (exact) mass is 128 g/mol. The molecule has 0 atom stereocenters. The van der Waals surface area contributed by atoms with Crippen LogP contribution in [0.25, 0.3) is 0 Å². The third-order valence-electron chi connectivity index (χ3n) is 0.818. The minimum absolute atomic E-state index is 0. The van der Waals surface area contributed by atoms with Crippen LogP contribution in [0.4, 0.5) is 0 Å². The molecule has 0 saturated heterocycles. The van der Waals surface area contributed by atoms with Gasteiger partial charge in [-0.2, -0.15) is 5.26 Å². The lowest BCUT2D eigenvalue weighted by molar-refractivity contribution is 0.753. The van der Waals surface area contributed by atoms with Crippen LogP contribution in [0, 0.1) is 10.7 Å². The molecular weight excluding hydrogens is 122 g/mol. The van der Waals surface area contributed by atoms with Gasteiger partial charge in [0, 0.05) is 0 Å². The molecular formula is C4H6N3S+. The Morgan fingerprint density at radius 3 is 3.38 bits per heavy atom. The Morgan fingerprint density at radius 1 is 2.00 bits per heavy atom. The quantitative estimate of drug-likeness (QED) is 0.383. The molecule has 0 saturated carbocycles. The lowest BCUT2D eigenvalue weighted by atomic mass is 10.7. The minimum Gasteiger partial charge on any atom is -0.293 e. The van der Waals surface area contributed by atoms with E-state index in [1.165, 1.54) is 0 Å². The van der Waals surface area contributed by atoms with Crippen molar-refractivity contribution in [2.45, 2.75) is 0 Å². The highest BCUT2D eigenvalue weighted by molar-refractivity contribution is 8.01. The number of aliphatic imine (C=N–C) groups is 1. The number of nitrogens with zero attached hydrogens (tertiary/aromatic N) is 3. The molecule has 1 heterocycles. The molecule has 0 radical (unpaired) electrons. The van der Waals surface area contributed by atoms with Crippen molar-refractivity contribution in [3.05, 3.63) is 0 Å². The Kier molecular flexibility index (Phi) is 1.75. The van der Waals surface area contributed by atoms with E-state index in [9.17, 15) is 0 Å². The highest BCUT2D eigenvalue weighted by Crippen LogP contribution is 2.06. The summed E-state index contributed by atoms with van der Waals surface area (Å²) in [6.07, 6.45) is 1.69. The topological polar surface area (TPSA) is 39.4 Å². The molecule has 0 aromatic rings. The third-order valence-corrected chi connectivity index (χ3v) is 1.41. The summed E-state index contributed by atoms with van der Waals surface area (Å²) >= 11 is 1.13. The molecule has 3 nitrogen and oxygen atoms in total. The van der Waals surface area contributed by atoms with E-state index in [0.29, 0.717) is 0 Å². The fourth-order valence-corrected chi connectivity index (χ4v) is 0.876. The molecule has 0 bridgehead atoms. The van der Waals surface area contributed by atoms with Crippen LogP contribution in [-0.2, 0) is 0 Å². The second kappa shape index (κ2) is 2.58. The van der Waals surface area contributed by atoms with Gasteiger partial charge in [0.15, 0.2) is 5.40 Å². The van der Waals surface area contributed by atoms with Crippen LogP contribution in [-0.4, -0.2) is 23.7 Å². The average molecular weight is 128 g/mol. The highest BCUT2D eigenvalue weighted by atomic mass is 32.2. The summed E-state index contributed by atoms with van der Waals surface area (Å²) in [7, 11) is 0. The van der Waals surface area contributed by atoms with Crippen LogP contribution in [0.5, 0.6) is 0 Å². The summed E-state index contributed by atoms with van der Waals surface area (Å²) in [4.78, 5) is 3.91. The van der Waals surface area contributed by atoms with E-state index < -0.39 is 0 Å². The summed E-state index contributed by atoms with van der Waals surface area (Å²) in [6.45, 7) is 1.70. The predicted octanol–water partition coefficient (Wildman–Crippen LogP) is 0.572. The van der Waals surface area contributed by atoms with E-state index in [0.717, 1.165) is 25.0 Å². The molecule has 0 aromatic heterocycles. The highest BCUT2D eigenvalue weighted by Gasteiger charge is 2.03. The van der Waals surface area contributed by atoms with E-state index >= 15 is 0 Å². The maximum absolute atomic E-state index is 8.14. The van der Waals surface area contributed by atoms with Crippen LogP contribution in [0.1, 0.15) is 1.43 Å². The molecule has 4 heteroatoms. The first-order valence-corrected chi connectivity index (χ1v) is 3.03. The van der Waals surface area contributed by atoms with Crippen molar-refractivity contribution >= 4 is 18.3 Å². The van der Waals surface area contributed by atoms with Gasteiger partial charge in [0.25, 0.3) is 0 Å². The van der Waals surface area contributed by atoms with E-state index in [-0.39, 0.29) is 1.43 Å². The number of thiocyanates is 1. The molecule has 8 heavy (non-hydrogen) atoms. The SMILES string of the molecule is N#CSN1C=NCC1.[H+]. The number of nitriles is 1. The smallest absolute Gasteiger partial charge is 0.293 e. The van der Waals surface area contributed by atoms with Gasteiger partial charge in [0.2, 0.25) is 0 Å². The van der Waals surface area contributed by atoms with Crippen LogP contribution in [0.15, 0.2) is 4.99 Å². The summed E-state index contributed by atoms with van der Waals surface area (Å²) in [6, 6.07) is 0. The van der Waals surface area contributed by atoms with E-state index in [4.69, 9.17) is 5.26 Å². The summed E-state index contributed by atoms with van der Waals surface area (Å²) in [5.41, 5.74) is 0. The Hall–Kier alpha value is -0.690. The van der Waals surface area contributed by atoms with Crippen LogP contribution < -0.4 is 0 Å². The molecule has 1 aliphatic rings. The lowest BCUT2D eigenvalue weighted by Gasteiger charge is -2.02. The van der Waals surface area contributed by atoms with Gasteiger partial charge < -0.3 is 0 Å². The molecule has 0 unspecified atom stereocenters. The molecule has 0 spiro atoms. The molecule has 0 N–H and O–H groups in total. The zero-order chi connectivity index (χ0) is 5.82. The molecule has 0 aromatic carbocycles. The van der Waals surface area contributed by atoms with Gasteiger partial charge >= 0.3 is 1.43 Å². The van der Waals surface area contributed by atoms with Crippen LogP contribution in [0.3, 0.4) is 0 Å². The number of hydrogen-bond donors (Lipinski definition) is 0. The van der Waals surface area contributed by atoms with Gasteiger partial charge in [-0.3, -0.25) is 9.30 Å². The van der Waals surface area contributed by atoms with Crippen molar-refractivity contribution in [2.75, 3.05) is 13.1 Å². The largest absolute Gasteiger partial charge is 1.00 e. The number of hydrogen-bond acceptors (Lipinski definition) is 4. The maximum atomic E-state index is 8.14. The van der Waals surface area contributed by atoms with Gasteiger partial charge in [-0.05, 0) is 0 Å². The van der Waals surface area contributed by atoms with Crippen molar-refractivity contribution in [1.29, 1.82) is 5.26 Å². The summed E-state index contributed by atoms with van der Waals surface area (Å²) in [5, 5.41) is 10.1. The van der Waals surface area contributed by atoms with Crippen molar-refractivity contribution < 1.29 is 1.43 Å². The van der Waals surface area contributed by atoms with Gasteiger partial charge in [-0.25, -0.2) is 0 Å². The van der Waals surface area contributed by atoms with Gasteiger partial charge in [-0.15, -0.1) is 0 Å². The first-order chi connectivity index (χ1) is 3.93. The van der Waals surface area contributed by atoms with Crippen LogP contribution in [0.2, 0.25) is 0 Å². The Morgan fingerprint density at radius 2 is 2.88 bits per heavy atom. The fourth-order valence-electron chi connectivity index (χ4n) is 0.484. The summed E-state index contributed by atoms with van der Waals surface area (Å²) < 4.78 is 1.81. The second-order valence-corrected chi connectivity index (χ2v) is 2.18. The van der Waals surface area contributed by atoms with Gasteiger partial charge in [0.1, 0.15) is 0 Å². The Labute approximate surface area is 53.6 Å². The Bertz CT molecular complexity index is 141. The molecule has 0 aliphatic carbocycles. The van der Waals surface area contributed by atoms with Crippen molar-refractivity contribution in [3.63, 3.8) is 0 Å². The van der Waals surface area contributed by atoms with Crippen molar-refractivity contribution in [1.82, 2.24) is 4.31 Å². The lowest BCUT2D eigenvalue weighted by Crippen LogP contribution is -2.08. The van der Waals surface area contributed by atoms with E-state index in [1.54, 1.807) is 10.6 Å². The maximum Gasteiger partial charge on any atom is 1.00 e. The molecule has 0 fully saturated rings. The Balaban J connectivity index is 0.000000640. The first-order valence-electron chi connectivity index (χ1n) is 2.26. The normalized spacial score (nSPS) is 16.6. The third kappa shape index (κ3) is 1.14. The van der Waals surface area contributed by atoms with Gasteiger partial charge in [0.05, 0.1) is 31.4 Å². The molecule has 0 amide bonds. The standard InChI is InChI=1S/C4H5N3S/c5-3-8-7-2-1-6-4-7/h4H,1-2H2/p+1. The predicted molar refractivity (Wildman–Crippen MR) is 34.4 cm³/mol. The molecule has 42 valence electrons. The van der Waals surface area contributed by atoms with Crippen molar-refractivity contribution in [3.8, 4) is 5.40 Å². The second-order valence-electron chi connectivity index (χ2n) is 1.34. The fraction of sp³-hybridized carbons (Fsp3) is 0.500. The van der Waals surface area contributed by atoms with E-state index in [2.05, 4.69) is 4.99 Å². The first kappa shape index (κ1) is 5.45. The zero-order valence-corrected chi connectivity index (χ0v) is 5.06. The van der Waals surface area contributed by atoms with E-state index in [1.807, 2.05) is 5.40 Å². The number of rotatable bonds is 1. The van der Waals surface area contributed by atoms with Crippen molar-refractivity contribution in [2.24, 2.45) is 4.99 Å².